The van der Waals surface area contributed by atoms with E-state index in [1.165, 1.54) is 16.8 Å². The fourth-order valence-corrected chi connectivity index (χ4v) is 3.34. The van der Waals surface area contributed by atoms with Crippen LogP contribution in [0.2, 0.25) is 5.02 Å². The minimum atomic E-state index is -0.631. The van der Waals surface area contributed by atoms with Crippen LogP contribution in [-0.4, -0.2) is 19.1 Å². The van der Waals surface area contributed by atoms with Crippen LogP contribution in [0.25, 0.3) is 0 Å². The topological polar surface area (TPSA) is 115 Å². The Hall–Kier alpha value is -4.42. The number of halogens is 1. The Kier molecular flexibility index (Phi) is 6.71. The Morgan fingerprint density at radius 2 is 1.76 bits per heavy atom. The van der Waals surface area contributed by atoms with Crippen molar-refractivity contribution in [1.82, 2.24) is 19.1 Å². The highest BCUT2D eigenvalue weighted by molar-refractivity contribution is 6.30. The number of nitriles is 1. The highest BCUT2D eigenvalue weighted by Crippen LogP contribution is 2.24. The molecule has 0 atom stereocenters. The van der Waals surface area contributed by atoms with E-state index in [0.29, 0.717) is 22.2 Å². The zero-order chi connectivity index (χ0) is 24.1. The number of rotatable bonds is 7. The maximum Gasteiger partial charge on any atom is 0.354 e. The number of nitrogens with one attached hydrogen (secondary N) is 1. The fourth-order valence-electron chi connectivity index (χ4n) is 3.22. The van der Waals surface area contributed by atoms with Crippen molar-refractivity contribution in [3.63, 3.8) is 0 Å². The molecule has 0 aliphatic heterocycles. The maximum absolute atomic E-state index is 13.0. The molecule has 0 saturated heterocycles. The van der Waals surface area contributed by atoms with Crippen LogP contribution in [0.15, 0.2) is 76.4 Å². The Bertz CT molecular complexity index is 1470. The summed E-state index contributed by atoms with van der Waals surface area (Å²) >= 11 is 5.97. The van der Waals surface area contributed by atoms with Crippen molar-refractivity contribution in [1.29, 1.82) is 5.26 Å². The molecule has 0 radical (unpaired) electrons. The summed E-state index contributed by atoms with van der Waals surface area (Å²) in [5.74, 6) is 1.14. The second-order valence-electron chi connectivity index (χ2n) is 7.20. The number of aromatic nitrogens is 4. The largest absolute Gasteiger partial charge is 0.457 e. The molecule has 0 unspecified atom stereocenters. The molecule has 2 heterocycles. The zero-order valence-electron chi connectivity index (χ0n) is 18.1. The number of pyridine rings is 1. The van der Waals surface area contributed by atoms with E-state index in [2.05, 4.69) is 15.3 Å². The van der Waals surface area contributed by atoms with E-state index in [4.69, 9.17) is 21.6 Å². The molecular weight excluding hydrogens is 456 g/mol. The summed E-state index contributed by atoms with van der Waals surface area (Å²) in [6.07, 6.45) is 1.49. The molecule has 2 aromatic heterocycles. The molecular formula is C24H19ClN6O3. The van der Waals surface area contributed by atoms with Crippen LogP contribution < -0.4 is 21.4 Å². The second-order valence-corrected chi connectivity index (χ2v) is 7.63. The fraction of sp³-hybridized carbons (Fsp3) is 0.125. The number of ether oxygens (including phenoxy) is 1. The first-order valence-electron chi connectivity index (χ1n) is 10.3. The van der Waals surface area contributed by atoms with Gasteiger partial charge in [0.05, 0.1) is 6.54 Å². The van der Waals surface area contributed by atoms with Crippen molar-refractivity contribution >= 4 is 23.2 Å². The molecule has 0 fully saturated rings. The third kappa shape index (κ3) is 5.14. The summed E-state index contributed by atoms with van der Waals surface area (Å²) in [5, 5.41) is 12.6. The summed E-state index contributed by atoms with van der Waals surface area (Å²) in [6, 6.07) is 19.1. The highest BCUT2D eigenvalue weighted by atomic mass is 35.5. The molecule has 2 aromatic carbocycles. The van der Waals surface area contributed by atoms with E-state index < -0.39 is 11.4 Å². The van der Waals surface area contributed by atoms with Crippen LogP contribution in [-0.2, 0) is 13.1 Å². The van der Waals surface area contributed by atoms with Crippen LogP contribution in [0.3, 0.4) is 0 Å². The molecule has 4 rings (SSSR count). The summed E-state index contributed by atoms with van der Waals surface area (Å²) in [4.78, 5) is 33.4. The summed E-state index contributed by atoms with van der Waals surface area (Å²) < 4.78 is 8.23. The summed E-state index contributed by atoms with van der Waals surface area (Å²) in [6.45, 7) is 2.13. The zero-order valence-corrected chi connectivity index (χ0v) is 18.9. The van der Waals surface area contributed by atoms with E-state index in [0.717, 1.165) is 10.1 Å². The van der Waals surface area contributed by atoms with Crippen molar-refractivity contribution in [2.75, 3.05) is 5.32 Å². The maximum atomic E-state index is 13.0. The molecule has 10 heteroatoms. The van der Waals surface area contributed by atoms with Gasteiger partial charge in [-0.05, 0) is 55.0 Å². The quantitative estimate of drug-likeness (QED) is 0.431. The molecule has 4 aromatic rings. The van der Waals surface area contributed by atoms with Crippen LogP contribution >= 0.6 is 11.6 Å². The first kappa shape index (κ1) is 22.8. The molecule has 0 saturated carbocycles. The molecule has 9 nitrogen and oxygen atoms in total. The lowest BCUT2D eigenvalue weighted by atomic mass is 10.2. The number of anilines is 2. The molecule has 0 aliphatic rings. The minimum absolute atomic E-state index is 0.121. The van der Waals surface area contributed by atoms with Crippen molar-refractivity contribution < 1.29 is 4.74 Å². The molecule has 0 aliphatic carbocycles. The average molecular weight is 475 g/mol. The molecule has 0 amide bonds. The van der Waals surface area contributed by atoms with Gasteiger partial charge in [0.2, 0.25) is 5.95 Å². The smallest absolute Gasteiger partial charge is 0.354 e. The van der Waals surface area contributed by atoms with Gasteiger partial charge in [-0.3, -0.25) is 4.57 Å². The Labute approximate surface area is 199 Å². The molecule has 170 valence electrons. The van der Waals surface area contributed by atoms with Crippen molar-refractivity contribution in [2.24, 2.45) is 0 Å². The Morgan fingerprint density at radius 1 is 1.03 bits per heavy atom. The Morgan fingerprint density at radius 3 is 2.44 bits per heavy atom. The van der Waals surface area contributed by atoms with Gasteiger partial charge in [-0.25, -0.2) is 19.1 Å². The second kappa shape index (κ2) is 10.0. The van der Waals surface area contributed by atoms with Gasteiger partial charge in [0, 0.05) is 29.5 Å². The van der Waals surface area contributed by atoms with Gasteiger partial charge in [0.15, 0.2) is 0 Å². The van der Waals surface area contributed by atoms with Crippen LogP contribution in [0.1, 0.15) is 18.2 Å². The van der Waals surface area contributed by atoms with Gasteiger partial charge in [0.25, 0.3) is 0 Å². The van der Waals surface area contributed by atoms with E-state index >= 15 is 0 Å². The van der Waals surface area contributed by atoms with Gasteiger partial charge in [-0.15, -0.1) is 0 Å². The predicted octanol–water partition coefficient (Wildman–Crippen LogP) is 3.93. The van der Waals surface area contributed by atoms with E-state index in [9.17, 15) is 9.59 Å². The number of nitrogens with zero attached hydrogens (tertiary/aromatic N) is 5. The minimum Gasteiger partial charge on any atom is -0.457 e. The van der Waals surface area contributed by atoms with Crippen LogP contribution in [0.4, 0.5) is 11.6 Å². The van der Waals surface area contributed by atoms with Gasteiger partial charge in [0.1, 0.15) is 23.3 Å². The average Bonchev–Trinajstić information content (AvgIpc) is 2.84. The number of hydrogen-bond donors (Lipinski definition) is 1. The molecule has 1 N–H and O–H groups in total. The lowest BCUT2D eigenvalue weighted by Gasteiger charge is -2.15. The van der Waals surface area contributed by atoms with Crippen molar-refractivity contribution in [3.05, 3.63) is 104 Å². The number of hydrogen-bond acceptors (Lipinski definition) is 7. The predicted molar refractivity (Wildman–Crippen MR) is 128 cm³/mol. The van der Waals surface area contributed by atoms with E-state index in [-0.39, 0.29) is 24.7 Å². The summed E-state index contributed by atoms with van der Waals surface area (Å²) in [5.41, 5.74) is 0.585. The highest BCUT2D eigenvalue weighted by Gasteiger charge is 2.13. The van der Waals surface area contributed by atoms with Crippen molar-refractivity contribution in [3.8, 4) is 17.6 Å². The normalized spacial score (nSPS) is 10.5. The van der Waals surface area contributed by atoms with Crippen LogP contribution in [0.5, 0.6) is 11.5 Å². The van der Waals surface area contributed by atoms with Crippen molar-refractivity contribution in [2.45, 2.75) is 20.0 Å². The lowest BCUT2D eigenvalue weighted by molar-refractivity contribution is 0.482. The molecule has 0 spiro atoms. The number of benzene rings is 2. The molecule has 34 heavy (non-hydrogen) atoms. The van der Waals surface area contributed by atoms with Crippen LogP contribution in [0, 0.1) is 11.3 Å². The van der Waals surface area contributed by atoms with E-state index in [1.807, 2.05) is 18.2 Å². The third-order valence-corrected chi connectivity index (χ3v) is 5.16. The molecule has 0 bridgehead atoms. The first-order chi connectivity index (χ1) is 16.5. The first-order valence-corrected chi connectivity index (χ1v) is 10.7. The lowest BCUT2D eigenvalue weighted by Crippen LogP contribution is -2.42. The Balaban J connectivity index is 1.61. The SMILES string of the molecule is CCn1c(=O)nc(Nc2ccc(Oc3ccnc(C#N)c3)cc2)n(Cc2ccc(Cl)cc2)c1=O. The van der Waals surface area contributed by atoms with Gasteiger partial charge in [-0.2, -0.15) is 10.2 Å². The monoisotopic (exact) mass is 474 g/mol. The van der Waals surface area contributed by atoms with Gasteiger partial charge in [-0.1, -0.05) is 23.7 Å². The standard InChI is InChI=1S/C24H19ClN6O3/c1-2-30-23(32)29-22(31(24(30)33)15-16-3-5-17(25)6-4-16)28-18-7-9-20(10-8-18)34-21-11-12-27-19(13-21)14-26/h3-13H,2,15H2,1H3,(H,28,29,32). The van der Waals surface area contributed by atoms with Gasteiger partial charge < -0.3 is 10.1 Å². The third-order valence-electron chi connectivity index (χ3n) is 4.91. The van der Waals surface area contributed by atoms with E-state index in [1.54, 1.807) is 49.4 Å². The summed E-state index contributed by atoms with van der Waals surface area (Å²) in [7, 11) is 0. The van der Waals surface area contributed by atoms with Gasteiger partial charge >= 0.3 is 11.4 Å².